The molecule has 1 amide bonds. The molecule has 0 aliphatic heterocycles. The van der Waals surface area contributed by atoms with E-state index in [1.165, 1.54) is 16.9 Å². The lowest BCUT2D eigenvalue weighted by molar-refractivity contribution is -0.116. The minimum atomic E-state index is 0.000951. The highest BCUT2D eigenvalue weighted by Gasteiger charge is 2.11. The van der Waals surface area contributed by atoms with Crippen molar-refractivity contribution in [1.82, 2.24) is 9.97 Å². The molecule has 3 heterocycles. The van der Waals surface area contributed by atoms with Gasteiger partial charge < -0.3 is 10.3 Å². The largest absolute Gasteiger partial charge is 0.360 e. The first kappa shape index (κ1) is 15.1. The summed E-state index contributed by atoms with van der Waals surface area (Å²) in [5.41, 5.74) is 4.22. The van der Waals surface area contributed by atoms with Gasteiger partial charge in [0.25, 0.3) is 0 Å². The zero-order chi connectivity index (χ0) is 16.4. The molecule has 0 aliphatic rings. The number of hydrogen-bond acceptors (Lipinski definition) is 4. The number of H-pyrrole nitrogens is 1. The fraction of sp³-hybridized carbons (Fsp3) is 0.111. The summed E-state index contributed by atoms with van der Waals surface area (Å²) in [5.74, 6) is 0.000951. The normalized spacial score (nSPS) is 11.0. The number of carbonyl (C=O) groups is 1. The van der Waals surface area contributed by atoms with Crippen LogP contribution in [0.4, 0.5) is 5.13 Å². The van der Waals surface area contributed by atoms with Gasteiger partial charge in [-0.2, -0.15) is 11.3 Å². The molecule has 0 saturated carbocycles. The van der Waals surface area contributed by atoms with Crippen molar-refractivity contribution in [2.75, 3.05) is 5.32 Å². The number of nitrogens with one attached hydrogen (secondary N) is 2. The van der Waals surface area contributed by atoms with Crippen LogP contribution in [0.25, 0.3) is 22.2 Å². The summed E-state index contributed by atoms with van der Waals surface area (Å²) < 4.78 is 0. The molecular weight excluding hydrogens is 338 g/mol. The number of thiophene rings is 1. The molecule has 0 fully saturated rings. The number of aromatic nitrogens is 2. The van der Waals surface area contributed by atoms with Crippen LogP contribution in [0.1, 0.15) is 12.0 Å². The second kappa shape index (κ2) is 6.59. The fourth-order valence-corrected chi connectivity index (χ4v) is 4.04. The number of fused-ring (bicyclic) bond motifs is 1. The Kier molecular flexibility index (Phi) is 4.15. The highest BCUT2D eigenvalue weighted by molar-refractivity contribution is 7.14. The van der Waals surface area contributed by atoms with Crippen LogP contribution in [0, 0.1) is 0 Å². The van der Waals surface area contributed by atoms with E-state index in [2.05, 4.69) is 32.8 Å². The van der Waals surface area contributed by atoms with Crippen molar-refractivity contribution in [1.29, 1.82) is 0 Å². The van der Waals surface area contributed by atoms with E-state index in [-0.39, 0.29) is 5.91 Å². The lowest BCUT2D eigenvalue weighted by atomic mass is 10.1. The zero-order valence-corrected chi connectivity index (χ0v) is 14.4. The molecule has 24 heavy (non-hydrogen) atoms. The molecule has 0 bridgehead atoms. The molecule has 0 atom stereocenters. The van der Waals surface area contributed by atoms with Crippen LogP contribution in [0.2, 0.25) is 0 Å². The maximum Gasteiger partial charge on any atom is 0.226 e. The van der Waals surface area contributed by atoms with E-state index in [0.29, 0.717) is 11.6 Å². The first-order valence-corrected chi connectivity index (χ1v) is 9.45. The van der Waals surface area contributed by atoms with Crippen LogP contribution in [0.3, 0.4) is 0 Å². The van der Waals surface area contributed by atoms with Gasteiger partial charge in [-0.25, -0.2) is 4.98 Å². The molecule has 4 rings (SSSR count). The summed E-state index contributed by atoms with van der Waals surface area (Å²) >= 11 is 3.11. The molecule has 0 radical (unpaired) electrons. The number of carbonyl (C=O) groups excluding carboxylic acids is 1. The van der Waals surface area contributed by atoms with Crippen LogP contribution in [-0.4, -0.2) is 15.9 Å². The van der Waals surface area contributed by atoms with Crippen molar-refractivity contribution in [3.05, 3.63) is 58.2 Å². The molecule has 2 N–H and O–H groups in total. The van der Waals surface area contributed by atoms with E-state index in [4.69, 9.17) is 0 Å². The maximum atomic E-state index is 12.1. The second-order valence-electron chi connectivity index (χ2n) is 5.47. The highest BCUT2D eigenvalue weighted by atomic mass is 32.1. The number of aromatic amines is 1. The van der Waals surface area contributed by atoms with Gasteiger partial charge in [-0.05, 0) is 34.9 Å². The second-order valence-corrected chi connectivity index (χ2v) is 7.10. The number of hydrogen-bond donors (Lipinski definition) is 2. The summed E-state index contributed by atoms with van der Waals surface area (Å²) in [7, 11) is 0. The Hall–Kier alpha value is -2.44. The summed E-state index contributed by atoms with van der Waals surface area (Å²) in [6.07, 6.45) is 3.19. The number of thiazole rings is 1. The Balaban J connectivity index is 1.45. The van der Waals surface area contributed by atoms with Crippen molar-refractivity contribution in [3.63, 3.8) is 0 Å². The van der Waals surface area contributed by atoms with Crippen molar-refractivity contribution >= 4 is 44.6 Å². The number of nitrogens with zero attached hydrogens (tertiary/aromatic N) is 1. The SMILES string of the molecule is O=C(CCc1ccsc1)Nc1nc(-c2c[nH]c3ccccc23)cs1. The standard InChI is InChI=1S/C18H15N3OS2/c22-17(6-5-12-7-8-23-10-12)21-18-20-16(11-24-18)14-9-19-15-4-2-1-3-13(14)15/h1-4,7-11,19H,5-6H2,(H,20,21,22). The van der Waals surface area contributed by atoms with Gasteiger partial charge in [0.2, 0.25) is 5.91 Å². The first-order chi connectivity index (χ1) is 11.8. The van der Waals surface area contributed by atoms with Crippen LogP contribution in [0.15, 0.2) is 52.7 Å². The lowest BCUT2D eigenvalue weighted by Gasteiger charge is -2.00. The number of benzene rings is 1. The van der Waals surface area contributed by atoms with Gasteiger partial charge in [-0.15, -0.1) is 11.3 Å². The first-order valence-electron chi connectivity index (χ1n) is 7.62. The average molecular weight is 353 g/mol. The fourth-order valence-electron chi connectivity index (χ4n) is 2.61. The van der Waals surface area contributed by atoms with E-state index in [0.717, 1.165) is 28.6 Å². The van der Waals surface area contributed by atoms with Crippen LogP contribution in [-0.2, 0) is 11.2 Å². The quantitative estimate of drug-likeness (QED) is 0.535. The summed E-state index contributed by atoms with van der Waals surface area (Å²) in [6, 6.07) is 10.2. The van der Waals surface area contributed by atoms with E-state index < -0.39 is 0 Å². The minimum absolute atomic E-state index is 0.000951. The van der Waals surface area contributed by atoms with Gasteiger partial charge in [-0.3, -0.25) is 4.79 Å². The third kappa shape index (κ3) is 3.11. The molecule has 0 spiro atoms. The Bertz CT molecular complexity index is 969. The molecule has 0 unspecified atom stereocenters. The van der Waals surface area contributed by atoms with Gasteiger partial charge >= 0.3 is 0 Å². The number of amides is 1. The number of para-hydroxylation sites is 1. The van der Waals surface area contributed by atoms with Crippen LogP contribution >= 0.6 is 22.7 Å². The minimum Gasteiger partial charge on any atom is -0.360 e. The predicted molar refractivity (Wildman–Crippen MR) is 101 cm³/mol. The summed E-state index contributed by atoms with van der Waals surface area (Å²) in [5, 5.41) is 10.8. The molecule has 0 aliphatic carbocycles. The smallest absolute Gasteiger partial charge is 0.226 e. The lowest BCUT2D eigenvalue weighted by Crippen LogP contribution is -2.11. The van der Waals surface area contributed by atoms with Crippen molar-refractivity contribution in [2.45, 2.75) is 12.8 Å². The molecule has 4 nitrogen and oxygen atoms in total. The van der Waals surface area contributed by atoms with Crippen LogP contribution in [0.5, 0.6) is 0 Å². The Morgan fingerprint density at radius 3 is 3.00 bits per heavy atom. The monoisotopic (exact) mass is 353 g/mol. The Morgan fingerprint density at radius 2 is 2.12 bits per heavy atom. The molecule has 6 heteroatoms. The molecule has 1 aromatic carbocycles. The summed E-state index contributed by atoms with van der Waals surface area (Å²) in [4.78, 5) is 19.9. The molecule has 0 saturated heterocycles. The predicted octanol–water partition coefficient (Wildman–Crippen LogP) is 4.92. The molecule has 3 aromatic heterocycles. The highest BCUT2D eigenvalue weighted by Crippen LogP contribution is 2.30. The summed E-state index contributed by atoms with van der Waals surface area (Å²) in [6.45, 7) is 0. The van der Waals surface area contributed by atoms with Crippen molar-refractivity contribution in [3.8, 4) is 11.3 Å². The molecule has 120 valence electrons. The molecular formula is C18H15N3OS2. The topological polar surface area (TPSA) is 57.8 Å². The Labute approximate surface area is 147 Å². The van der Waals surface area contributed by atoms with Gasteiger partial charge in [0.1, 0.15) is 0 Å². The van der Waals surface area contributed by atoms with E-state index in [1.54, 1.807) is 11.3 Å². The number of rotatable bonds is 5. The van der Waals surface area contributed by atoms with Crippen LogP contribution < -0.4 is 5.32 Å². The van der Waals surface area contributed by atoms with Gasteiger partial charge in [0.15, 0.2) is 5.13 Å². The van der Waals surface area contributed by atoms with Crippen molar-refractivity contribution < 1.29 is 4.79 Å². The maximum absolute atomic E-state index is 12.1. The van der Waals surface area contributed by atoms with E-state index in [1.807, 2.05) is 35.2 Å². The number of anilines is 1. The van der Waals surface area contributed by atoms with E-state index in [9.17, 15) is 4.79 Å². The van der Waals surface area contributed by atoms with Gasteiger partial charge in [0.05, 0.1) is 5.69 Å². The average Bonchev–Trinajstić information content (AvgIpc) is 3.33. The molecule has 4 aromatic rings. The third-order valence-electron chi connectivity index (χ3n) is 3.84. The van der Waals surface area contributed by atoms with Gasteiger partial charge in [0, 0.05) is 34.5 Å². The van der Waals surface area contributed by atoms with Crippen molar-refractivity contribution in [2.24, 2.45) is 0 Å². The third-order valence-corrected chi connectivity index (χ3v) is 5.33. The Morgan fingerprint density at radius 1 is 1.21 bits per heavy atom. The van der Waals surface area contributed by atoms with E-state index >= 15 is 0 Å². The van der Waals surface area contributed by atoms with Gasteiger partial charge in [-0.1, -0.05) is 18.2 Å². The zero-order valence-electron chi connectivity index (χ0n) is 12.8. The number of aryl methyl sites for hydroxylation is 1.